The molecule has 0 saturated carbocycles. The number of carbonyl (C=O) groups is 2. The predicted octanol–water partition coefficient (Wildman–Crippen LogP) is 4.10. The Bertz CT molecular complexity index is 1160. The maximum atomic E-state index is 12.2. The molecule has 0 aliphatic rings. The van der Waals surface area contributed by atoms with Gasteiger partial charge in [-0.25, -0.2) is 4.79 Å². The number of nitrogens with one attached hydrogen (secondary N) is 1. The summed E-state index contributed by atoms with van der Waals surface area (Å²) in [5.41, 5.74) is 2.78. The highest BCUT2D eigenvalue weighted by Crippen LogP contribution is 2.18. The maximum absolute atomic E-state index is 12.2. The molecule has 2 aromatic carbocycles. The number of ether oxygens (including phenoxy) is 2. The zero-order valence-corrected chi connectivity index (χ0v) is 17.8. The van der Waals surface area contributed by atoms with Crippen molar-refractivity contribution in [2.45, 2.75) is 20.4 Å². The highest BCUT2D eigenvalue weighted by molar-refractivity contribution is 6.01. The van der Waals surface area contributed by atoms with Crippen molar-refractivity contribution in [3.63, 3.8) is 0 Å². The molecule has 162 valence electrons. The lowest BCUT2D eigenvalue weighted by atomic mass is 10.1. The molecule has 0 bridgehead atoms. The summed E-state index contributed by atoms with van der Waals surface area (Å²) < 4.78 is 15.9. The largest absolute Gasteiger partial charge is 0.482 e. The summed E-state index contributed by atoms with van der Waals surface area (Å²) in [4.78, 5) is 24.2. The average Bonchev–Trinajstić information content (AvgIpc) is 3.31. The van der Waals surface area contributed by atoms with Gasteiger partial charge in [0.05, 0.1) is 12.8 Å². The van der Waals surface area contributed by atoms with E-state index in [0.717, 1.165) is 11.1 Å². The lowest BCUT2D eigenvalue weighted by Crippen LogP contribution is -2.23. The number of esters is 1. The van der Waals surface area contributed by atoms with Gasteiger partial charge in [-0.05, 0) is 73.0 Å². The van der Waals surface area contributed by atoms with E-state index >= 15 is 0 Å². The van der Waals surface area contributed by atoms with E-state index in [1.54, 1.807) is 42.5 Å². The van der Waals surface area contributed by atoms with E-state index in [1.807, 2.05) is 32.0 Å². The standard InChI is InChI=1S/C25H22N2O5/c1-17-5-8-22(12-18(17)2)31-16-24(28)32-21-9-6-19(7-10-21)13-20(14-26)25(29)27-15-23-4-3-11-30-23/h3-13H,15-16H2,1-2H3,(H,27,29)/b20-13+. The molecule has 1 N–H and O–H groups in total. The van der Waals surface area contributed by atoms with Crippen LogP contribution >= 0.6 is 0 Å². The number of amides is 1. The first kappa shape index (κ1) is 22.4. The van der Waals surface area contributed by atoms with Gasteiger partial charge in [0.2, 0.25) is 0 Å². The maximum Gasteiger partial charge on any atom is 0.349 e. The number of nitriles is 1. The second kappa shape index (κ2) is 10.6. The fourth-order valence-electron chi connectivity index (χ4n) is 2.73. The molecule has 1 heterocycles. The Labute approximate surface area is 185 Å². The monoisotopic (exact) mass is 430 g/mol. The topological polar surface area (TPSA) is 102 Å². The Morgan fingerprint density at radius 1 is 1.06 bits per heavy atom. The van der Waals surface area contributed by atoms with Crippen LogP contribution in [0, 0.1) is 25.2 Å². The van der Waals surface area contributed by atoms with Crippen molar-refractivity contribution in [3.8, 4) is 17.6 Å². The zero-order valence-electron chi connectivity index (χ0n) is 17.8. The van der Waals surface area contributed by atoms with Crippen molar-refractivity contribution < 1.29 is 23.5 Å². The van der Waals surface area contributed by atoms with Crippen LogP contribution in [0.5, 0.6) is 11.5 Å². The summed E-state index contributed by atoms with van der Waals surface area (Å²) in [7, 11) is 0. The number of furan rings is 1. The van der Waals surface area contributed by atoms with Crippen LogP contribution in [-0.2, 0) is 16.1 Å². The number of benzene rings is 2. The lowest BCUT2D eigenvalue weighted by molar-refractivity contribution is -0.136. The van der Waals surface area contributed by atoms with Gasteiger partial charge in [0, 0.05) is 0 Å². The zero-order chi connectivity index (χ0) is 22.9. The SMILES string of the molecule is Cc1ccc(OCC(=O)Oc2ccc(/C=C(\C#N)C(=O)NCc3ccco3)cc2)cc1C. The van der Waals surface area contributed by atoms with Crippen molar-refractivity contribution in [1.82, 2.24) is 5.32 Å². The summed E-state index contributed by atoms with van der Waals surface area (Å²) in [6.45, 7) is 3.93. The minimum absolute atomic E-state index is 0.0527. The highest BCUT2D eigenvalue weighted by atomic mass is 16.6. The van der Waals surface area contributed by atoms with Crippen LogP contribution < -0.4 is 14.8 Å². The summed E-state index contributed by atoms with van der Waals surface area (Å²) >= 11 is 0. The van der Waals surface area contributed by atoms with Crippen LogP contribution in [0.25, 0.3) is 6.08 Å². The number of rotatable bonds is 8. The van der Waals surface area contributed by atoms with Gasteiger partial charge in [-0.15, -0.1) is 0 Å². The van der Waals surface area contributed by atoms with Crippen molar-refractivity contribution in [2.75, 3.05) is 6.61 Å². The van der Waals surface area contributed by atoms with Gasteiger partial charge in [0.15, 0.2) is 6.61 Å². The van der Waals surface area contributed by atoms with E-state index in [4.69, 9.17) is 13.9 Å². The van der Waals surface area contributed by atoms with E-state index in [9.17, 15) is 14.9 Å². The molecule has 3 aromatic rings. The molecule has 0 aliphatic carbocycles. The molecule has 7 heteroatoms. The molecule has 0 radical (unpaired) electrons. The third-order valence-electron chi connectivity index (χ3n) is 4.63. The number of hydrogen-bond acceptors (Lipinski definition) is 6. The van der Waals surface area contributed by atoms with Crippen LogP contribution in [0.4, 0.5) is 0 Å². The average molecular weight is 430 g/mol. The first-order valence-electron chi connectivity index (χ1n) is 9.88. The summed E-state index contributed by atoms with van der Waals surface area (Å²) in [6, 6.07) is 17.4. The normalized spacial score (nSPS) is 10.8. The molecule has 1 aromatic heterocycles. The van der Waals surface area contributed by atoms with Gasteiger partial charge >= 0.3 is 5.97 Å². The first-order chi connectivity index (χ1) is 15.4. The number of hydrogen-bond donors (Lipinski definition) is 1. The summed E-state index contributed by atoms with van der Waals surface area (Å²) in [5, 5.41) is 11.9. The van der Waals surface area contributed by atoms with E-state index in [2.05, 4.69) is 5.32 Å². The minimum atomic E-state index is -0.540. The molecular weight excluding hydrogens is 408 g/mol. The molecule has 0 spiro atoms. The first-order valence-corrected chi connectivity index (χ1v) is 9.88. The van der Waals surface area contributed by atoms with Crippen molar-refractivity contribution in [3.05, 3.63) is 88.9 Å². The Kier molecular flexibility index (Phi) is 7.44. The summed E-state index contributed by atoms with van der Waals surface area (Å²) in [5.74, 6) is 0.462. The molecule has 0 atom stereocenters. The van der Waals surface area contributed by atoms with Crippen LogP contribution in [0.1, 0.15) is 22.5 Å². The second-order valence-electron chi connectivity index (χ2n) is 7.01. The summed E-state index contributed by atoms with van der Waals surface area (Å²) in [6.07, 6.45) is 2.96. The molecule has 1 amide bonds. The Morgan fingerprint density at radius 3 is 2.47 bits per heavy atom. The Balaban J connectivity index is 1.53. The quantitative estimate of drug-likeness (QED) is 0.250. The second-order valence-corrected chi connectivity index (χ2v) is 7.01. The fourth-order valence-corrected chi connectivity index (χ4v) is 2.73. The lowest BCUT2D eigenvalue weighted by Gasteiger charge is -2.08. The molecule has 32 heavy (non-hydrogen) atoms. The molecular formula is C25H22N2O5. The van der Waals surface area contributed by atoms with Gasteiger partial charge in [-0.1, -0.05) is 18.2 Å². The van der Waals surface area contributed by atoms with Crippen LogP contribution in [0.15, 0.2) is 70.9 Å². The molecule has 0 unspecified atom stereocenters. The van der Waals surface area contributed by atoms with Crippen LogP contribution in [0.3, 0.4) is 0 Å². The van der Waals surface area contributed by atoms with Crippen molar-refractivity contribution in [2.24, 2.45) is 0 Å². The van der Waals surface area contributed by atoms with Crippen molar-refractivity contribution in [1.29, 1.82) is 5.26 Å². The van der Waals surface area contributed by atoms with E-state index in [-0.39, 0.29) is 18.7 Å². The van der Waals surface area contributed by atoms with Gasteiger partial charge in [0.1, 0.15) is 28.9 Å². The van der Waals surface area contributed by atoms with Crippen LogP contribution in [-0.4, -0.2) is 18.5 Å². The molecule has 3 rings (SSSR count). The smallest absolute Gasteiger partial charge is 0.349 e. The van der Waals surface area contributed by atoms with E-state index < -0.39 is 11.9 Å². The number of aryl methyl sites for hydroxylation is 2. The molecule has 0 saturated heterocycles. The third kappa shape index (κ3) is 6.34. The Hall–Kier alpha value is -4.31. The Morgan fingerprint density at radius 2 is 1.81 bits per heavy atom. The number of nitrogens with zero attached hydrogens (tertiary/aromatic N) is 1. The van der Waals surface area contributed by atoms with Gasteiger partial charge in [-0.2, -0.15) is 5.26 Å². The van der Waals surface area contributed by atoms with Crippen LogP contribution in [0.2, 0.25) is 0 Å². The van der Waals surface area contributed by atoms with Gasteiger partial charge in [-0.3, -0.25) is 4.79 Å². The van der Waals surface area contributed by atoms with Gasteiger partial charge in [0.25, 0.3) is 5.91 Å². The third-order valence-corrected chi connectivity index (χ3v) is 4.63. The van der Waals surface area contributed by atoms with E-state index in [1.165, 1.54) is 12.3 Å². The highest BCUT2D eigenvalue weighted by Gasteiger charge is 2.10. The van der Waals surface area contributed by atoms with Crippen molar-refractivity contribution >= 4 is 18.0 Å². The predicted molar refractivity (Wildman–Crippen MR) is 118 cm³/mol. The molecule has 0 aliphatic heterocycles. The van der Waals surface area contributed by atoms with E-state index in [0.29, 0.717) is 22.8 Å². The van der Waals surface area contributed by atoms with Gasteiger partial charge < -0.3 is 19.2 Å². The number of carbonyl (C=O) groups excluding carboxylic acids is 2. The molecule has 7 nitrogen and oxygen atoms in total. The molecule has 0 fully saturated rings. The minimum Gasteiger partial charge on any atom is -0.482 e. The fraction of sp³-hybridized carbons (Fsp3) is 0.160.